The van der Waals surface area contributed by atoms with Crippen LogP contribution in [0.15, 0.2) is 18.2 Å². The summed E-state index contributed by atoms with van der Waals surface area (Å²) < 4.78 is 0. The predicted octanol–water partition coefficient (Wildman–Crippen LogP) is 3.51. The van der Waals surface area contributed by atoms with E-state index in [4.69, 9.17) is 0 Å². The van der Waals surface area contributed by atoms with E-state index < -0.39 is 0 Å². The maximum absolute atomic E-state index is 12.7. The molecule has 2 amide bonds. The van der Waals surface area contributed by atoms with E-state index in [1.165, 1.54) is 25.7 Å². The number of nitrogens with zero attached hydrogens (tertiary/aromatic N) is 1. The van der Waals surface area contributed by atoms with Crippen LogP contribution in [-0.4, -0.2) is 29.3 Å². The van der Waals surface area contributed by atoms with Crippen molar-refractivity contribution in [3.8, 4) is 0 Å². The standard InChI is InChI=1S/C19H26N2O2/c1-2-12-21-13-14-8-7-11-16(17(14)19(21)23)18(22)20-15-9-5-3-4-6-10-15/h7-8,11,15H,2-6,9-10,12-13H2,1H3,(H,20,22). The van der Waals surface area contributed by atoms with Crippen molar-refractivity contribution in [1.29, 1.82) is 0 Å². The molecule has 0 aromatic heterocycles. The molecule has 0 atom stereocenters. The molecule has 1 aliphatic carbocycles. The Labute approximate surface area is 138 Å². The quantitative estimate of drug-likeness (QED) is 0.865. The van der Waals surface area contributed by atoms with Crippen LogP contribution < -0.4 is 5.32 Å². The molecule has 0 unspecified atom stereocenters. The molecule has 1 saturated carbocycles. The van der Waals surface area contributed by atoms with E-state index in [2.05, 4.69) is 12.2 Å². The Morgan fingerprint density at radius 1 is 1.22 bits per heavy atom. The second kappa shape index (κ2) is 7.16. The number of hydrogen-bond donors (Lipinski definition) is 1. The van der Waals surface area contributed by atoms with Crippen LogP contribution in [0.5, 0.6) is 0 Å². The van der Waals surface area contributed by atoms with E-state index in [1.54, 1.807) is 6.07 Å². The lowest BCUT2D eigenvalue weighted by Gasteiger charge is -2.17. The predicted molar refractivity (Wildman–Crippen MR) is 90.4 cm³/mol. The first-order chi connectivity index (χ1) is 11.2. The Bertz CT molecular complexity index is 589. The van der Waals surface area contributed by atoms with Crippen molar-refractivity contribution in [2.24, 2.45) is 0 Å². The van der Waals surface area contributed by atoms with Gasteiger partial charge in [-0.1, -0.05) is 44.7 Å². The van der Waals surface area contributed by atoms with Crippen molar-refractivity contribution >= 4 is 11.8 Å². The molecule has 1 aromatic carbocycles. The number of fused-ring (bicyclic) bond motifs is 1. The fraction of sp³-hybridized carbons (Fsp3) is 0.579. The summed E-state index contributed by atoms with van der Waals surface area (Å²) in [7, 11) is 0. The molecular weight excluding hydrogens is 288 g/mol. The number of benzene rings is 1. The second-order valence-electron chi connectivity index (χ2n) is 6.73. The SMILES string of the molecule is CCCN1Cc2cccc(C(=O)NC3CCCCCC3)c2C1=O. The molecule has 1 N–H and O–H groups in total. The minimum absolute atomic E-state index is 0.00784. The third kappa shape index (κ3) is 3.41. The highest BCUT2D eigenvalue weighted by Gasteiger charge is 2.31. The van der Waals surface area contributed by atoms with Gasteiger partial charge < -0.3 is 10.2 Å². The monoisotopic (exact) mass is 314 g/mol. The first-order valence-corrected chi connectivity index (χ1v) is 8.92. The number of carbonyl (C=O) groups is 2. The zero-order chi connectivity index (χ0) is 16.2. The number of hydrogen-bond acceptors (Lipinski definition) is 2. The van der Waals surface area contributed by atoms with Crippen LogP contribution in [0, 0.1) is 0 Å². The maximum atomic E-state index is 12.7. The van der Waals surface area contributed by atoms with Crippen molar-refractivity contribution in [3.05, 3.63) is 34.9 Å². The van der Waals surface area contributed by atoms with Gasteiger partial charge in [-0.05, 0) is 30.9 Å². The number of nitrogens with one attached hydrogen (secondary N) is 1. The zero-order valence-electron chi connectivity index (χ0n) is 13.9. The molecule has 0 saturated heterocycles. The van der Waals surface area contributed by atoms with Crippen molar-refractivity contribution in [1.82, 2.24) is 10.2 Å². The molecular formula is C19H26N2O2. The fourth-order valence-electron chi connectivity index (χ4n) is 3.75. The van der Waals surface area contributed by atoms with Crippen molar-refractivity contribution in [3.63, 3.8) is 0 Å². The number of rotatable bonds is 4. The molecule has 124 valence electrons. The minimum Gasteiger partial charge on any atom is -0.349 e. The largest absolute Gasteiger partial charge is 0.349 e. The molecule has 1 fully saturated rings. The van der Waals surface area contributed by atoms with Crippen LogP contribution in [0.2, 0.25) is 0 Å². The van der Waals surface area contributed by atoms with Gasteiger partial charge in [0, 0.05) is 19.1 Å². The average Bonchev–Trinajstić information content (AvgIpc) is 2.73. The van der Waals surface area contributed by atoms with Gasteiger partial charge in [-0.2, -0.15) is 0 Å². The van der Waals surface area contributed by atoms with Crippen molar-refractivity contribution in [2.45, 2.75) is 64.5 Å². The smallest absolute Gasteiger partial charge is 0.255 e. The summed E-state index contributed by atoms with van der Waals surface area (Å²) in [6, 6.07) is 5.90. The first kappa shape index (κ1) is 16.0. The van der Waals surface area contributed by atoms with Crippen LogP contribution in [-0.2, 0) is 6.54 Å². The highest BCUT2D eigenvalue weighted by molar-refractivity contribution is 6.09. The third-order valence-electron chi connectivity index (χ3n) is 4.94. The lowest BCUT2D eigenvalue weighted by atomic mass is 10.0. The molecule has 0 spiro atoms. The number of carbonyl (C=O) groups excluding carboxylic acids is 2. The Morgan fingerprint density at radius 3 is 2.65 bits per heavy atom. The summed E-state index contributed by atoms with van der Waals surface area (Å²) in [5.41, 5.74) is 2.15. The normalized spacial score (nSPS) is 18.7. The fourth-order valence-corrected chi connectivity index (χ4v) is 3.75. The first-order valence-electron chi connectivity index (χ1n) is 8.92. The molecule has 0 bridgehead atoms. The molecule has 4 nitrogen and oxygen atoms in total. The Kier molecular flexibility index (Phi) is 4.99. The van der Waals surface area contributed by atoms with Gasteiger partial charge in [0.2, 0.25) is 0 Å². The van der Waals surface area contributed by atoms with Crippen LogP contribution in [0.4, 0.5) is 0 Å². The van der Waals surface area contributed by atoms with E-state index in [1.807, 2.05) is 17.0 Å². The van der Waals surface area contributed by atoms with Crippen molar-refractivity contribution in [2.75, 3.05) is 6.54 Å². The van der Waals surface area contributed by atoms with Gasteiger partial charge >= 0.3 is 0 Å². The average molecular weight is 314 g/mol. The van der Waals surface area contributed by atoms with Crippen LogP contribution >= 0.6 is 0 Å². The lowest BCUT2D eigenvalue weighted by molar-refractivity contribution is 0.0772. The summed E-state index contributed by atoms with van der Waals surface area (Å²) in [6.07, 6.45) is 7.92. The van der Waals surface area contributed by atoms with Crippen molar-refractivity contribution < 1.29 is 9.59 Å². The van der Waals surface area contributed by atoms with Crippen LogP contribution in [0.3, 0.4) is 0 Å². The minimum atomic E-state index is -0.0829. The van der Waals surface area contributed by atoms with E-state index in [-0.39, 0.29) is 17.9 Å². The van der Waals surface area contributed by atoms with Gasteiger partial charge in [0.15, 0.2) is 0 Å². The highest BCUT2D eigenvalue weighted by atomic mass is 16.2. The Balaban J connectivity index is 1.77. The van der Waals surface area contributed by atoms with Gasteiger partial charge in [-0.15, -0.1) is 0 Å². The van der Waals surface area contributed by atoms with E-state index in [9.17, 15) is 9.59 Å². The van der Waals surface area contributed by atoms with Gasteiger partial charge in [0.05, 0.1) is 11.1 Å². The maximum Gasteiger partial charge on any atom is 0.255 e. The Morgan fingerprint density at radius 2 is 1.96 bits per heavy atom. The van der Waals surface area contributed by atoms with Gasteiger partial charge in [0.25, 0.3) is 11.8 Å². The third-order valence-corrected chi connectivity index (χ3v) is 4.94. The summed E-state index contributed by atoms with van der Waals surface area (Å²) in [6.45, 7) is 3.44. The van der Waals surface area contributed by atoms with Gasteiger partial charge in [0.1, 0.15) is 0 Å². The van der Waals surface area contributed by atoms with Gasteiger partial charge in [-0.3, -0.25) is 9.59 Å². The van der Waals surface area contributed by atoms with Crippen LogP contribution in [0.25, 0.3) is 0 Å². The van der Waals surface area contributed by atoms with E-state index in [0.717, 1.165) is 31.4 Å². The van der Waals surface area contributed by atoms with Crippen LogP contribution in [0.1, 0.15) is 78.1 Å². The number of amides is 2. The lowest BCUT2D eigenvalue weighted by Crippen LogP contribution is -2.35. The summed E-state index contributed by atoms with van der Waals surface area (Å²) in [4.78, 5) is 27.2. The van der Waals surface area contributed by atoms with E-state index in [0.29, 0.717) is 17.7 Å². The molecule has 3 rings (SSSR count). The molecule has 0 radical (unpaired) electrons. The molecule has 23 heavy (non-hydrogen) atoms. The topological polar surface area (TPSA) is 49.4 Å². The molecule has 2 aliphatic rings. The summed E-state index contributed by atoms with van der Waals surface area (Å²) >= 11 is 0. The molecule has 1 aromatic rings. The second-order valence-corrected chi connectivity index (χ2v) is 6.73. The highest BCUT2D eigenvalue weighted by Crippen LogP contribution is 2.26. The molecule has 1 aliphatic heterocycles. The summed E-state index contributed by atoms with van der Waals surface area (Å²) in [5, 5.41) is 3.16. The zero-order valence-corrected chi connectivity index (χ0v) is 13.9. The van der Waals surface area contributed by atoms with Gasteiger partial charge in [-0.25, -0.2) is 0 Å². The molecule has 4 heteroatoms. The molecule has 1 heterocycles. The Hall–Kier alpha value is -1.84. The summed E-state index contributed by atoms with van der Waals surface area (Å²) in [5.74, 6) is -0.0751. The van der Waals surface area contributed by atoms with E-state index >= 15 is 0 Å².